The molecule has 166 valence electrons. The van der Waals surface area contributed by atoms with Crippen LogP contribution in [0, 0.1) is 58.2 Å². The SMILES string of the molecule is CC(C)[C@H](C)CC[C@@H](C)C1CC[C@H]2[C@@H]3CC=C4C[C@@H](C)CC[C@]4(C)[C@H]3CC[C@]12C. The molecule has 0 bridgehead atoms. The second-order valence-corrected chi connectivity index (χ2v) is 13.1. The average Bonchev–Trinajstić information content (AvgIpc) is 3.03. The van der Waals surface area contributed by atoms with Gasteiger partial charge in [-0.05, 0) is 110 Å². The average molecular weight is 399 g/mol. The molecule has 4 rings (SSSR count). The van der Waals surface area contributed by atoms with Crippen molar-refractivity contribution < 1.29 is 0 Å². The normalized spacial score (nSPS) is 46.5. The van der Waals surface area contributed by atoms with Crippen molar-refractivity contribution in [2.24, 2.45) is 58.2 Å². The minimum atomic E-state index is 0.549. The van der Waals surface area contributed by atoms with Gasteiger partial charge in [-0.15, -0.1) is 0 Å². The lowest BCUT2D eigenvalue weighted by atomic mass is 9.46. The Labute approximate surface area is 182 Å². The molecule has 29 heavy (non-hydrogen) atoms. The van der Waals surface area contributed by atoms with Crippen molar-refractivity contribution in [1.82, 2.24) is 0 Å². The smallest absolute Gasteiger partial charge is 0.00851 e. The van der Waals surface area contributed by atoms with E-state index in [1.807, 2.05) is 5.57 Å². The van der Waals surface area contributed by atoms with Crippen LogP contribution < -0.4 is 0 Å². The summed E-state index contributed by atoms with van der Waals surface area (Å²) in [4.78, 5) is 0. The molecule has 0 radical (unpaired) electrons. The van der Waals surface area contributed by atoms with E-state index in [9.17, 15) is 0 Å². The molecule has 3 fully saturated rings. The Morgan fingerprint density at radius 2 is 1.69 bits per heavy atom. The Kier molecular flexibility index (Phi) is 6.07. The van der Waals surface area contributed by atoms with Crippen LogP contribution in [0.4, 0.5) is 0 Å². The Morgan fingerprint density at radius 1 is 0.931 bits per heavy atom. The van der Waals surface area contributed by atoms with Crippen molar-refractivity contribution in [1.29, 1.82) is 0 Å². The monoisotopic (exact) mass is 398 g/mol. The van der Waals surface area contributed by atoms with Crippen molar-refractivity contribution in [2.45, 2.75) is 113 Å². The van der Waals surface area contributed by atoms with Crippen molar-refractivity contribution in [2.75, 3.05) is 0 Å². The molecule has 0 heteroatoms. The summed E-state index contributed by atoms with van der Waals surface area (Å²) in [5.74, 6) is 7.53. The maximum Gasteiger partial charge on any atom is -0.00851 e. The van der Waals surface area contributed by atoms with Crippen molar-refractivity contribution in [3.63, 3.8) is 0 Å². The number of hydrogen-bond donors (Lipinski definition) is 0. The summed E-state index contributed by atoms with van der Waals surface area (Å²) in [5.41, 5.74) is 3.05. The van der Waals surface area contributed by atoms with Gasteiger partial charge in [0.25, 0.3) is 0 Å². The second kappa shape index (κ2) is 8.02. The summed E-state index contributed by atoms with van der Waals surface area (Å²) in [6.07, 6.45) is 17.5. The van der Waals surface area contributed by atoms with Crippen molar-refractivity contribution in [3.05, 3.63) is 11.6 Å². The zero-order chi connectivity index (χ0) is 21.0. The fourth-order valence-corrected chi connectivity index (χ4v) is 8.88. The molecular formula is C29H50. The van der Waals surface area contributed by atoms with Gasteiger partial charge in [-0.25, -0.2) is 0 Å². The molecule has 0 aliphatic heterocycles. The topological polar surface area (TPSA) is 0 Å². The number of fused-ring (bicyclic) bond motifs is 5. The highest BCUT2D eigenvalue weighted by atomic mass is 14.6. The Balaban J connectivity index is 1.49. The highest BCUT2D eigenvalue weighted by molar-refractivity contribution is 5.25. The van der Waals surface area contributed by atoms with Crippen molar-refractivity contribution >= 4 is 0 Å². The predicted molar refractivity (Wildman–Crippen MR) is 127 cm³/mol. The van der Waals surface area contributed by atoms with Crippen LogP contribution >= 0.6 is 0 Å². The number of hydrogen-bond acceptors (Lipinski definition) is 0. The van der Waals surface area contributed by atoms with Crippen LogP contribution in [0.25, 0.3) is 0 Å². The first kappa shape index (κ1) is 22.0. The van der Waals surface area contributed by atoms with Gasteiger partial charge in [0.1, 0.15) is 0 Å². The van der Waals surface area contributed by atoms with Gasteiger partial charge in [0.2, 0.25) is 0 Å². The predicted octanol–water partition coefficient (Wildman–Crippen LogP) is 8.91. The van der Waals surface area contributed by atoms with E-state index in [4.69, 9.17) is 0 Å². The molecule has 0 saturated heterocycles. The summed E-state index contributed by atoms with van der Waals surface area (Å²) >= 11 is 0. The van der Waals surface area contributed by atoms with Gasteiger partial charge in [-0.1, -0.05) is 73.0 Å². The molecule has 0 aromatic rings. The fraction of sp³-hybridized carbons (Fsp3) is 0.931. The van der Waals surface area contributed by atoms with Gasteiger partial charge in [0.05, 0.1) is 0 Å². The molecule has 1 unspecified atom stereocenters. The van der Waals surface area contributed by atoms with Crippen LogP contribution in [-0.2, 0) is 0 Å². The molecular weight excluding hydrogens is 348 g/mol. The van der Waals surface area contributed by atoms with Crippen LogP contribution in [0.5, 0.6) is 0 Å². The highest BCUT2D eigenvalue weighted by Gasteiger charge is 2.58. The standard InChI is InChI=1S/C29H50/c1-19(2)21(4)8-9-22(5)25-12-13-26-24-11-10-23-18-20(3)14-16-28(23,6)27(24)15-17-29(25,26)7/h10,19-22,24-27H,8-9,11-18H2,1-7H3/t20-,21+,22+,24-,25?,26-,27-,28-,29+/m0/s1. The van der Waals surface area contributed by atoms with E-state index in [0.717, 1.165) is 47.3 Å². The first-order valence-electron chi connectivity index (χ1n) is 13.4. The van der Waals surface area contributed by atoms with E-state index in [2.05, 4.69) is 54.5 Å². The van der Waals surface area contributed by atoms with E-state index in [-0.39, 0.29) is 0 Å². The highest BCUT2D eigenvalue weighted by Crippen LogP contribution is 2.67. The molecule has 0 spiro atoms. The lowest BCUT2D eigenvalue weighted by molar-refractivity contribution is -0.0525. The Bertz CT molecular complexity index is 614. The van der Waals surface area contributed by atoms with Gasteiger partial charge in [0.15, 0.2) is 0 Å². The lowest BCUT2D eigenvalue weighted by Crippen LogP contribution is -2.50. The summed E-state index contributed by atoms with van der Waals surface area (Å²) in [7, 11) is 0. The quantitative estimate of drug-likeness (QED) is 0.405. The van der Waals surface area contributed by atoms with E-state index >= 15 is 0 Å². The third-order valence-electron chi connectivity index (χ3n) is 11.3. The van der Waals surface area contributed by atoms with E-state index in [0.29, 0.717) is 10.8 Å². The summed E-state index contributed by atoms with van der Waals surface area (Å²) < 4.78 is 0. The molecule has 0 aromatic heterocycles. The summed E-state index contributed by atoms with van der Waals surface area (Å²) in [6, 6.07) is 0. The Hall–Kier alpha value is -0.260. The molecule has 0 N–H and O–H groups in total. The molecule has 0 amide bonds. The summed E-state index contributed by atoms with van der Waals surface area (Å²) in [6.45, 7) is 17.8. The zero-order valence-electron chi connectivity index (χ0n) is 20.8. The van der Waals surface area contributed by atoms with Gasteiger partial charge < -0.3 is 0 Å². The fourth-order valence-electron chi connectivity index (χ4n) is 8.88. The minimum absolute atomic E-state index is 0.549. The van der Waals surface area contributed by atoms with Gasteiger partial charge in [0, 0.05) is 0 Å². The first-order chi connectivity index (χ1) is 13.7. The second-order valence-electron chi connectivity index (χ2n) is 13.1. The number of rotatable bonds is 5. The van der Waals surface area contributed by atoms with Crippen LogP contribution in [-0.4, -0.2) is 0 Å². The van der Waals surface area contributed by atoms with Gasteiger partial charge in [-0.3, -0.25) is 0 Å². The molecule has 0 aromatic carbocycles. The first-order valence-corrected chi connectivity index (χ1v) is 13.4. The molecule has 0 nitrogen and oxygen atoms in total. The van der Waals surface area contributed by atoms with E-state index < -0.39 is 0 Å². The molecule has 4 aliphatic carbocycles. The van der Waals surface area contributed by atoms with Crippen LogP contribution in [0.2, 0.25) is 0 Å². The zero-order valence-corrected chi connectivity index (χ0v) is 20.8. The molecule has 0 heterocycles. The third kappa shape index (κ3) is 3.67. The third-order valence-corrected chi connectivity index (χ3v) is 11.3. The lowest BCUT2D eigenvalue weighted by Gasteiger charge is -2.58. The van der Waals surface area contributed by atoms with E-state index in [1.165, 1.54) is 64.2 Å². The minimum Gasteiger partial charge on any atom is -0.0845 e. The van der Waals surface area contributed by atoms with E-state index in [1.54, 1.807) is 0 Å². The number of allylic oxidation sites excluding steroid dienone is 2. The maximum absolute atomic E-state index is 2.75. The summed E-state index contributed by atoms with van der Waals surface area (Å²) in [5, 5.41) is 0. The molecule has 3 saturated carbocycles. The molecule has 4 aliphatic rings. The maximum atomic E-state index is 2.75. The molecule has 9 atom stereocenters. The van der Waals surface area contributed by atoms with Crippen LogP contribution in [0.1, 0.15) is 113 Å². The van der Waals surface area contributed by atoms with Crippen LogP contribution in [0.15, 0.2) is 11.6 Å². The Morgan fingerprint density at radius 3 is 2.41 bits per heavy atom. The largest absolute Gasteiger partial charge is 0.0845 e. The van der Waals surface area contributed by atoms with Gasteiger partial charge in [-0.2, -0.15) is 0 Å². The van der Waals surface area contributed by atoms with Crippen molar-refractivity contribution in [3.8, 4) is 0 Å². The van der Waals surface area contributed by atoms with Crippen LogP contribution in [0.3, 0.4) is 0 Å². The van der Waals surface area contributed by atoms with Gasteiger partial charge >= 0.3 is 0 Å².